The first-order valence-electron chi connectivity index (χ1n) is 6.96. The van der Waals surface area contributed by atoms with E-state index in [4.69, 9.17) is 4.43 Å². The molecular formula is C16H24OSi. The predicted octanol–water partition coefficient (Wildman–Crippen LogP) is 4.40. The molecule has 0 spiro atoms. The maximum absolute atomic E-state index is 6.10. The highest BCUT2D eigenvalue weighted by molar-refractivity contribution is 6.56. The molecule has 1 heterocycles. The van der Waals surface area contributed by atoms with E-state index in [-0.39, 0.29) is 5.04 Å². The summed E-state index contributed by atoms with van der Waals surface area (Å²) in [5, 5.41) is 0.260. The lowest BCUT2D eigenvalue weighted by molar-refractivity contribution is 0.273. The van der Waals surface area contributed by atoms with Crippen LogP contribution < -0.4 is 0 Å². The molecule has 98 valence electrons. The summed E-state index contributed by atoms with van der Waals surface area (Å²) in [4.78, 5) is 0. The molecule has 1 nitrogen and oxygen atoms in total. The summed E-state index contributed by atoms with van der Waals surface area (Å²) >= 11 is 0. The van der Waals surface area contributed by atoms with E-state index >= 15 is 0 Å². The second kappa shape index (κ2) is 5.85. The van der Waals surface area contributed by atoms with Gasteiger partial charge in [-0.3, -0.25) is 0 Å². The van der Waals surface area contributed by atoms with Gasteiger partial charge in [-0.1, -0.05) is 62.2 Å². The number of hydrogen-bond donors (Lipinski definition) is 0. The first kappa shape index (κ1) is 13.6. The second-order valence-corrected chi connectivity index (χ2v) is 9.15. The first-order valence-corrected chi connectivity index (χ1v) is 8.82. The number of hydrogen-bond acceptors (Lipinski definition) is 1. The van der Waals surface area contributed by atoms with Gasteiger partial charge in [0.2, 0.25) is 0 Å². The van der Waals surface area contributed by atoms with Crippen LogP contribution in [0, 0.1) is 0 Å². The average Bonchev–Trinajstić information content (AvgIpc) is 2.41. The van der Waals surface area contributed by atoms with Crippen molar-refractivity contribution in [2.45, 2.75) is 44.7 Å². The lowest BCUT2D eigenvalue weighted by Gasteiger charge is -2.36. The smallest absolute Gasteiger partial charge is 0.186 e. The van der Waals surface area contributed by atoms with Gasteiger partial charge in [0.05, 0.1) is 0 Å². The molecule has 1 aromatic carbocycles. The van der Waals surface area contributed by atoms with E-state index in [0.717, 1.165) is 6.61 Å². The van der Waals surface area contributed by atoms with Gasteiger partial charge in [0.15, 0.2) is 9.04 Å². The quantitative estimate of drug-likeness (QED) is 0.732. The van der Waals surface area contributed by atoms with Gasteiger partial charge in [0, 0.05) is 11.6 Å². The molecule has 1 atom stereocenters. The maximum atomic E-state index is 6.10. The Bertz CT molecular complexity index is 402. The van der Waals surface area contributed by atoms with Gasteiger partial charge in [0.25, 0.3) is 0 Å². The van der Waals surface area contributed by atoms with Gasteiger partial charge in [-0.05, 0) is 25.0 Å². The highest BCUT2D eigenvalue weighted by Gasteiger charge is 2.35. The van der Waals surface area contributed by atoms with Crippen LogP contribution in [0.3, 0.4) is 0 Å². The van der Waals surface area contributed by atoms with Crippen LogP contribution in [0.5, 0.6) is 0 Å². The summed E-state index contributed by atoms with van der Waals surface area (Å²) in [5.41, 5.74) is 2.76. The molecule has 2 heteroatoms. The van der Waals surface area contributed by atoms with Crippen LogP contribution >= 0.6 is 0 Å². The summed E-state index contributed by atoms with van der Waals surface area (Å²) in [5.74, 6) is 0. The van der Waals surface area contributed by atoms with E-state index in [1.165, 1.54) is 30.0 Å². The molecule has 0 amide bonds. The van der Waals surface area contributed by atoms with Crippen molar-refractivity contribution >= 4 is 15.1 Å². The fraction of sp³-hybridized carbons (Fsp3) is 0.500. The van der Waals surface area contributed by atoms with Crippen molar-refractivity contribution in [2.24, 2.45) is 0 Å². The van der Waals surface area contributed by atoms with E-state index in [9.17, 15) is 0 Å². The molecule has 0 bridgehead atoms. The monoisotopic (exact) mass is 260 g/mol. The molecule has 0 radical (unpaired) electrons. The Hall–Kier alpha value is -0.863. The summed E-state index contributed by atoms with van der Waals surface area (Å²) in [6.07, 6.45) is 4.94. The zero-order valence-electron chi connectivity index (χ0n) is 11.8. The van der Waals surface area contributed by atoms with Crippen LogP contribution in [0.2, 0.25) is 11.1 Å². The van der Waals surface area contributed by atoms with Gasteiger partial charge in [0.1, 0.15) is 0 Å². The molecule has 1 aliphatic heterocycles. The fourth-order valence-electron chi connectivity index (χ4n) is 2.55. The van der Waals surface area contributed by atoms with Gasteiger partial charge in [-0.25, -0.2) is 0 Å². The van der Waals surface area contributed by atoms with E-state index in [0.29, 0.717) is 0 Å². The van der Waals surface area contributed by atoms with Gasteiger partial charge in [-0.15, -0.1) is 0 Å². The van der Waals surface area contributed by atoms with E-state index < -0.39 is 9.04 Å². The molecule has 2 rings (SSSR count). The van der Waals surface area contributed by atoms with Crippen molar-refractivity contribution in [3.8, 4) is 0 Å². The second-order valence-electron chi connectivity index (χ2n) is 5.81. The highest BCUT2D eigenvalue weighted by atomic mass is 28.3. The lowest BCUT2D eigenvalue weighted by Crippen LogP contribution is -2.35. The Labute approximate surface area is 113 Å². The van der Waals surface area contributed by atoms with Crippen molar-refractivity contribution in [1.82, 2.24) is 0 Å². The maximum Gasteiger partial charge on any atom is 0.186 e. The minimum Gasteiger partial charge on any atom is -0.419 e. The molecule has 1 fully saturated rings. The number of benzene rings is 1. The van der Waals surface area contributed by atoms with Crippen LogP contribution in [0.1, 0.15) is 39.2 Å². The Morgan fingerprint density at radius 1 is 1.22 bits per heavy atom. The Morgan fingerprint density at radius 3 is 2.56 bits per heavy atom. The Morgan fingerprint density at radius 2 is 1.94 bits per heavy atom. The first-order chi connectivity index (χ1) is 8.60. The standard InChI is InChI=1S/C16H24OSi/c1-14(13-15-9-5-4-6-10-15)16(2,3)18-12-8-7-11-17-18/h4-6,9-10,13,18H,7-8,11-12H2,1-3H3/b14-13+. The normalized spacial score (nSPS) is 21.9. The molecule has 0 saturated carbocycles. The van der Waals surface area contributed by atoms with Crippen molar-refractivity contribution in [3.63, 3.8) is 0 Å². The predicted molar refractivity (Wildman–Crippen MR) is 81.3 cm³/mol. The molecule has 1 aromatic rings. The molecule has 1 unspecified atom stereocenters. The molecule has 0 N–H and O–H groups in total. The Kier molecular flexibility index (Phi) is 4.41. The van der Waals surface area contributed by atoms with Gasteiger partial charge in [-0.2, -0.15) is 0 Å². The number of rotatable bonds is 3. The highest BCUT2D eigenvalue weighted by Crippen LogP contribution is 2.41. The van der Waals surface area contributed by atoms with Crippen molar-refractivity contribution in [1.29, 1.82) is 0 Å². The van der Waals surface area contributed by atoms with Crippen LogP contribution in [-0.2, 0) is 4.43 Å². The zero-order chi connectivity index (χ0) is 13.0. The van der Waals surface area contributed by atoms with Crippen LogP contribution in [0.4, 0.5) is 0 Å². The largest absolute Gasteiger partial charge is 0.419 e. The van der Waals surface area contributed by atoms with Gasteiger partial charge >= 0.3 is 0 Å². The SMILES string of the molecule is C/C(=C\c1ccccc1)C(C)(C)[SiH]1CCCCO1. The molecule has 1 saturated heterocycles. The molecule has 18 heavy (non-hydrogen) atoms. The third kappa shape index (κ3) is 3.12. The summed E-state index contributed by atoms with van der Waals surface area (Å²) in [6.45, 7) is 7.98. The molecule has 0 aromatic heterocycles. The number of allylic oxidation sites excluding steroid dienone is 1. The third-order valence-corrected chi connectivity index (χ3v) is 7.82. The van der Waals surface area contributed by atoms with Crippen LogP contribution in [-0.4, -0.2) is 15.6 Å². The minimum absolute atomic E-state index is 0.260. The van der Waals surface area contributed by atoms with Crippen molar-refractivity contribution in [3.05, 3.63) is 41.5 Å². The fourth-order valence-corrected chi connectivity index (χ4v) is 5.56. The molecular weight excluding hydrogens is 236 g/mol. The molecule has 1 aliphatic rings. The summed E-state index contributed by atoms with van der Waals surface area (Å²) in [7, 11) is -1.10. The van der Waals surface area contributed by atoms with Crippen LogP contribution in [0.25, 0.3) is 6.08 Å². The van der Waals surface area contributed by atoms with E-state index in [1.54, 1.807) is 0 Å². The van der Waals surface area contributed by atoms with Crippen molar-refractivity contribution in [2.75, 3.05) is 6.61 Å². The zero-order valence-corrected chi connectivity index (χ0v) is 12.9. The average molecular weight is 260 g/mol. The summed E-state index contributed by atoms with van der Waals surface area (Å²) < 4.78 is 6.10. The van der Waals surface area contributed by atoms with Crippen LogP contribution in [0.15, 0.2) is 35.9 Å². The van der Waals surface area contributed by atoms with E-state index in [1.807, 2.05) is 0 Å². The minimum atomic E-state index is -1.10. The van der Waals surface area contributed by atoms with E-state index in [2.05, 4.69) is 57.2 Å². The Balaban J connectivity index is 2.15. The summed E-state index contributed by atoms with van der Waals surface area (Å²) in [6, 6.07) is 11.9. The van der Waals surface area contributed by atoms with Gasteiger partial charge < -0.3 is 4.43 Å². The third-order valence-electron chi connectivity index (χ3n) is 4.18. The topological polar surface area (TPSA) is 9.23 Å². The van der Waals surface area contributed by atoms with Crippen molar-refractivity contribution < 1.29 is 4.43 Å². The molecule has 0 aliphatic carbocycles. The lowest BCUT2D eigenvalue weighted by atomic mass is 10.0.